The van der Waals surface area contributed by atoms with Gasteiger partial charge in [0.05, 0.1) is 0 Å². The number of hydrogen-bond acceptors (Lipinski definition) is 3. The third-order valence-corrected chi connectivity index (χ3v) is 3.19. The Bertz CT molecular complexity index is 446. The minimum Gasteiger partial charge on any atom is -0.481 e. The number of hydrogen-bond donors (Lipinski definition) is 1. The first kappa shape index (κ1) is 13.4. The smallest absolute Gasteiger partial charge is 0.415 e. The summed E-state index contributed by atoms with van der Waals surface area (Å²) in [6.07, 6.45) is 1.37. The van der Waals surface area contributed by atoms with Crippen molar-refractivity contribution in [3.63, 3.8) is 0 Å². The molecule has 1 heterocycles. The highest BCUT2D eigenvalue weighted by Gasteiger charge is 2.26. The van der Waals surface area contributed by atoms with E-state index >= 15 is 0 Å². The summed E-state index contributed by atoms with van der Waals surface area (Å²) in [6.45, 7) is 1.08. The first-order valence-electron chi connectivity index (χ1n) is 6.39. The number of likely N-dealkylation sites (tertiary alicyclic amines) is 1. The summed E-state index contributed by atoms with van der Waals surface area (Å²) >= 11 is 0. The first-order valence-corrected chi connectivity index (χ1v) is 6.39. The summed E-state index contributed by atoms with van der Waals surface area (Å²) in [5.41, 5.74) is 0. The molecule has 1 aliphatic heterocycles. The average molecular weight is 263 g/mol. The van der Waals surface area contributed by atoms with Crippen molar-refractivity contribution in [1.29, 1.82) is 0 Å². The molecule has 1 saturated heterocycles. The van der Waals surface area contributed by atoms with E-state index in [9.17, 15) is 9.59 Å². The van der Waals surface area contributed by atoms with Gasteiger partial charge >= 0.3 is 12.1 Å². The fraction of sp³-hybridized carbons (Fsp3) is 0.429. The van der Waals surface area contributed by atoms with Gasteiger partial charge in [0.1, 0.15) is 5.75 Å². The second-order valence-electron chi connectivity index (χ2n) is 4.73. The van der Waals surface area contributed by atoms with Crippen LogP contribution in [0.15, 0.2) is 30.3 Å². The molecular weight excluding hydrogens is 246 g/mol. The Hall–Kier alpha value is -2.04. The van der Waals surface area contributed by atoms with Crippen molar-refractivity contribution < 1.29 is 19.4 Å². The van der Waals surface area contributed by atoms with Crippen LogP contribution >= 0.6 is 0 Å². The molecule has 2 rings (SSSR count). The summed E-state index contributed by atoms with van der Waals surface area (Å²) < 4.78 is 5.25. The lowest BCUT2D eigenvalue weighted by atomic mass is 9.95. The van der Waals surface area contributed by atoms with Crippen molar-refractivity contribution in [1.82, 2.24) is 4.90 Å². The molecular formula is C14H17NO4. The number of carboxylic acid groups (broad SMARTS) is 1. The van der Waals surface area contributed by atoms with Gasteiger partial charge in [0.15, 0.2) is 0 Å². The Morgan fingerprint density at radius 3 is 2.74 bits per heavy atom. The van der Waals surface area contributed by atoms with Crippen LogP contribution in [-0.4, -0.2) is 35.2 Å². The van der Waals surface area contributed by atoms with Crippen molar-refractivity contribution in [3.8, 4) is 5.75 Å². The molecule has 1 atom stereocenters. The molecule has 1 fully saturated rings. The zero-order chi connectivity index (χ0) is 13.7. The third kappa shape index (κ3) is 3.98. The maximum Gasteiger partial charge on any atom is 0.415 e. The number of aliphatic carboxylic acids is 1. The summed E-state index contributed by atoms with van der Waals surface area (Å²) in [4.78, 5) is 24.2. The van der Waals surface area contributed by atoms with Crippen molar-refractivity contribution in [2.45, 2.75) is 19.3 Å². The summed E-state index contributed by atoms with van der Waals surface area (Å²) in [6, 6.07) is 8.88. The second kappa shape index (κ2) is 6.22. The van der Waals surface area contributed by atoms with Gasteiger partial charge in [-0.2, -0.15) is 0 Å². The number of para-hydroxylation sites is 1. The van der Waals surface area contributed by atoms with Crippen LogP contribution in [0, 0.1) is 5.92 Å². The predicted molar refractivity (Wildman–Crippen MR) is 69.0 cm³/mol. The summed E-state index contributed by atoms with van der Waals surface area (Å²) in [5.74, 6) is -0.286. The molecule has 1 amide bonds. The van der Waals surface area contributed by atoms with Gasteiger partial charge in [-0.3, -0.25) is 4.79 Å². The number of rotatable bonds is 3. The minimum atomic E-state index is -0.816. The van der Waals surface area contributed by atoms with E-state index in [0.29, 0.717) is 18.8 Å². The highest BCUT2D eigenvalue weighted by atomic mass is 16.6. The summed E-state index contributed by atoms with van der Waals surface area (Å²) in [7, 11) is 0. The van der Waals surface area contributed by atoms with Gasteiger partial charge in [0.25, 0.3) is 0 Å². The molecule has 0 bridgehead atoms. The Morgan fingerprint density at radius 2 is 2.05 bits per heavy atom. The van der Waals surface area contributed by atoms with Crippen molar-refractivity contribution in [2.75, 3.05) is 13.1 Å². The molecule has 1 aliphatic rings. The van der Waals surface area contributed by atoms with Gasteiger partial charge in [0.2, 0.25) is 0 Å². The van der Waals surface area contributed by atoms with Gasteiger partial charge in [-0.1, -0.05) is 18.2 Å². The molecule has 0 radical (unpaired) electrons. The van der Waals surface area contributed by atoms with E-state index in [2.05, 4.69) is 0 Å². The Labute approximate surface area is 111 Å². The van der Waals surface area contributed by atoms with E-state index < -0.39 is 12.1 Å². The number of nitrogens with zero attached hydrogens (tertiary/aromatic N) is 1. The molecule has 19 heavy (non-hydrogen) atoms. The van der Waals surface area contributed by atoms with Crippen LogP contribution in [0.3, 0.4) is 0 Å². The molecule has 102 valence electrons. The molecule has 0 aromatic heterocycles. The molecule has 0 saturated carbocycles. The molecule has 0 aliphatic carbocycles. The highest BCUT2D eigenvalue weighted by molar-refractivity contribution is 5.71. The van der Waals surface area contributed by atoms with Gasteiger partial charge in [-0.25, -0.2) is 4.79 Å². The molecule has 1 aromatic carbocycles. The fourth-order valence-electron chi connectivity index (χ4n) is 2.30. The largest absolute Gasteiger partial charge is 0.481 e. The Morgan fingerprint density at radius 1 is 1.32 bits per heavy atom. The predicted octanol–water partition coefficient (Wildman–Crippen LogP) is 2.37. The van der Waals surface area contributed by atoms with Crippen molar-refractivity contribution >= 4 is 12.1 Å². The second-order valence-corrected chi connectivity index (χ2v) is 4.73. The van der Waals surface area contributed by atoms with Gasteiger partial charge in [0, 0.05) is 19.5 Å². The number of piperidine rings is 1. The lowest BCUT2D eigenvalue weighted by molar-refractivity contribution is -0.138. The summed E-state index contributed by atoms with van der Waals surface area (Å²) in [5, 5.41) is 8.79. The van der Waals surface area contributed by atoms with Gasteiger partial charge in [-0.05, 0) is 30.9 Å². The van der Waals surface area contributed by atoms with Crippen LogP contribution in [0.1, 0.15) is 19.3 Å². The monoisotopic (exact) mass is 263 g/mol. The standard InChI is InChI=1S/C14H17NO4/c16-13(17)9-11-5-4-8-15(10-11)14(18)19-12-6-2-1-3-7-12/h1-3,6-7,11H,4-5,8-10H2,(H,16,17). The normalized spacial score (nSPS) is 18.9. The van der Waals surface area contributed by atoms with E-state index in [1.807, 2.05) is 6.07 Å². The van der Waals surface area contributed by atoms with E-state index in [0.717, 1.165) is 12.8 Å². The Kier molecular flexibility index (Phi) is 4.39. The number of amides is 1. The fourth-order valence-corrected chi connectivity index (χ4v) is 2.30. The Balaban J connectivity index is 1.90. The number of benzene rings is 1. The number of carbonyl (C=O) groups is 2. The van der Waals surface area contributed by atoms with E-state index in [1.165, 1.54) is 0 Å². The van der Waals surface area contributed by atoms with Crippen molar-refractivity contribution in [3.05, 3.63) is 30.3 Å². The quantitative estimate of drug-likeness (QED) is 0.909. The maximum atomic E-state index is 12.0. The highest BCUT2D eigenvalue weighted by Crippen LogP contribution is 2.21. The number of carboxylic acids is 1. The van der Waals surface area contributed by atoms with E-state index in [1.54, 1.807) is 29.2 Å². The average Bonchev–Trinajstić information content (AvgIpc) is 2.39. The van der Waals surface area contributed by atoms with E-state index in [4.69, 9.17) is 9.84 Å². The lowest BCUT2D eigenvalue weighted by Crippen LogP contribution is -2.42. The number of carbonyl (C=O) groups excluding carboxylic acids is 1. The molecule has 5 nitrogen and oxygen atoms in total. The maximum absolute atomic E-state index is 12.0. The number of ether oxygens (including phenoxy) is 1. The van der Waals surface area contributed by atoms with Crippen LogP contribution < -0.4 is 4.74 Å². The SMILES string of the molecule is O=C(O)CC1CCCN(C(=O)Oc2ccccc2)C1. The lowest BCUT2D eigenvalue weighted by Gasteiger charge is -2.31. The molecule has 1 N–H and O–H groups in total. The van der Waals surface area contributed by atoms with E-state index in [-0.39, 0.29) is 12.3 Å². The van der Waals surface area contributed by atoms with Crippen LogP contribution in [0.2, 0.25) is 0 Å². The first-order chi connectivity index (χ1) is 9.15. The van der Waals surface area contributed by atoms with Crippen LogP contribution in [0.25, 0.3) is 0 Å². The van der Waals surface area contributed by atoms with Crippen LogP contribution in [-0.2, 0) is 4.79 Å². The van der Waals surface area contributed by atoms with Crippen LogP contribution in [0.4, 0.5) is 4.79 Å². The third-order valence-electron chi connectivity index (χ3n) is 3.19. The molecule has 1 aromatic rings. The molecule has 1 unspecified atom stereocenters. The van der Waals surface area contributed by atoms with Crippen LogP contribution in [0.5, 0.6) is 5.75 Å². The topological polar surface area (TPSA) is 66.8 Å². The molecule has 5 heteroatoms. The zero-order valence-corrected chi connectivity index (χ0v) is 10.6. The van der Waals surface area contributed by atoms with Gasteiger partial charge in [-0.15, -0.1) is 0 Å². The zero-order valence-electron chi connectivity index (χ0n) is 10.6. The molecule has 0 spiro atoms. The van der Waals surface area contributed by atoms with Crippen molar-refractivity contribution in [2.24, 2.45) is 5.92 Å². The van der Waals surface area contributed by atoms with Gasteiger partial charge < -0.3 is 14.7 Å². The minimum absolute atomic E-state index is 0.0228.